The van der Waals surface area contributed by atoms with Gasteiger partial charge in [-0.05, 0) is 57.0 Å². The van der Waals surface area contributed by atoms with Gasteiger partial charge >= 0.3 is 0 Å². The lowest BCUT2D eigenvalue weighted by Crippen LogP contribution is -2.44. The molecule has 8 nitrogen and oxygen atoms in total. The lowest BCUT2D eigenvalue weighted by molar-refractivity contribution is -0.142. The number of aromatic amines is 1. The quantitative estimate of drug-likeness (QED) is 0.580. The highest BCUT2D eigenvalue weighted by Gasteiger charge is 2.54. The first kappa shape index (κ1) is 24.4. The molecule has 0 radical (unpaired) electrons. The van der Waals surface area contributed by atoms with E-state index in [1.54, 1.807) is 36.2 Å². The highest BCUT2D eigenvalue weighted by Crippen LogP contribution is 2.43. The van der Waals surface area contributed by atoms with E-state index in [0.717, 1.165) is 37.1 Å². The van der Waals surface area contributed by atoms with Crippen molar-refractivity contribution in [1.82, 2.24) is 24.9 Å². The molecule has 2 aliphatic rings. The molecular weight excluding hydrogens is 454 g/mol. The molecule has 1 aromatic heterocycles. The molecule has 34 heavy (non-hydrogen) atoms. The minimum Gasteiger partial charge on any atom is -0.340 e. The molecule has 1 N–H and O–H groups in total. The van der Waals surface area contributed by atoms with E-state index in [-0.39, 0.29) is 37.1 Å². The van der Waals surface area contributed by atoms with Gasteiger partial charge in [0.1, 0.15) is 0 Å². The highest BCUT2D eigenvalue weighted by atomic mass is 35.5. The second-order valence-corrected chi connectivity index (χ2v) is 10.1. The number of rotatable bonds is 8. The summed E-state index contributed by atoms with van der Waals surface area (Å²) in [6, 6.07) is 7.01. The number of fused-ring (bicyclic) bond motifs is 1. The number of hydrogen-bond donors (Lipinski definition) is 1. The molecule has 0 bridgehead atoms. The van der Waals surface area contributed by atoms with E-state index in [2.05, 4.69) is 10.2 Å². The Morgan fingerprint density at radius 2 is 1.91 bits per heavy atom. The zero-order valence-electron chi connectivity index (χ0n) is 20.1. The summed E-state index contributed by atoms with van der Waals surface area (Å²) in [5.74, 6) is -0.849. The molecule has 182 valence electrons. The predicted octanol–water partition coefficient (Wildman–Crippen LogP) is 2.55. The van der Waals surface area contributed by atoms with Crippen LogP contribution in [0.3, 0.4) is 0 Å². The molecule has 1 aliphatic heterocycles. The second kappa shape index (κ2) is 9.88. The number of benzene rings is 1. The average molecular weight is 486 g/mol. The number of carbonyl (C=O) groups excluding carboxylic acids is 3. The molecule has 1 unspecified atom stereocenters. The van der Waals surface area contributed by atoms with Gasteiger partial charge in [-0.3, -0.25) is 24.4 Å². The number of hydrogen-bond acceptors (Lipinski definition) is 5. The standard InChI is InChI=1S/C25H32ClN5O3/c1-29(2)12-13-31-23(33)15-25(24(31)34,18-9-5-6-10-19(18)26)14-22(32)30(3)16-21-17-8-4-7-11-20(17)27-28-21/h5-6,9-10H,4,7-8,11-16H2,1-3H3,(H,27,28). The molecule has 0 saturated carbocycles. The minimum absolute atomic E-state index is 0.0691. The number of aryl methyl sites for hydroxylation is 1. The van der Waals surface area contributed by atoms with Gasteiger partial charge in [0.2, 0.25) is 17.7 Å². The maximum atomic E-state index is 13.7. The number of imide groups is 1. The van der Waals surface area contributed by atoms with Crippen molar-refractivity contribution in [3.8, 4) is 0 Å². The Morgan fingerprint density at radius 3 is 2.65 bits per heavy atom. The van der Waals surface area contributed by atoms with Crippen molar-refractivity contribution >= 4 is 29.3 Å². The summed E-state index contributed by atoms with van der Waals surface area (Å²) in [7, 11) is 5.49. The van der Waals surface area contributed by atoms with Crippen LogP contribution in [0.4, 0.5) is 0 Å². The summed E-state index contributed by atoms with van der Waals surface area (Å²) < 4.78 is 0. The predicted molar refractivity (Wildman–Crippen MR) is 129 cm³/mol. The van der Waals surface area contributed by atoms with Crippen LogP contribution in [-0.2, 0) is 39.2 Å². The van der Waals surface area contributed by atoms with Crippen LogP contribution < -0.4 is 0 Å². The van der Waals surface area contributed by atoms with Crippen molar-refractivity contribution in [3.05, 3.63) is 51.8 Å². The molecule has 1 saturated heterocycles. The first-order chi connectivity index (χ1) is 16.2. The summed E-state index contributed by atoms with van der Waals surface area (Å²) in [5.41, 5.74) is 2.45. The molecule has 1 atom stereocenters. The number of likely N-dealkylation sites (tertiary alicyclic amines) is 1. The van der Waals surface area contributed by atoms with Crippen LogP contribution in [0.2, 0.25) is 5.02 Å². The van der Waals surface area contributed by atoms with Crippen molar-refractivity contribution in [3.63, 3.8) is 0 Å². The summed E-state index contributed by atoms with van der Waals surface area (Å²) in [6.45, 7) is 1.18. The molecule has 0 spiro atoms. The third-order valence-corrected chi connectivity index (χ3v) is 7.31. The molecule has 3 amide bonds. The maximum absolute atomic E-state index is 13.7. The topological polar surface area (TPSA) is 89.6 Å². The first-order valence-corrected chi connectivity index (χ1v) is 12.1. The van der Waals surface area contributed by atoms with Gasteiger partial charge in [0, 0.05) is 43.7 Å². The van der Waals surface area contributed by atoms with E-state index >= 15 is 0 Å². The molecular formula is C25H32ClN5O3. The lowest BCUT2D eigenvalue weighted by Gasteiger charge is -2.30. The summed E-state index contributed by atoms with van der Waals surface area (Å²) >= 11 is 6.51. The van der Waals surface area contributed by atoms with E-state index in [4.69, 9.17) is 11.6 Å². The summed E-state index contributed by atoms with van der Waals surface area (Å²) in [5, 5.41) is 7.94. The van der Waals surface area contributed by atoms with Crippen molar-refractivity contribution < 1.29 is 14.4 Å². The molecule has 1 fully saturated rings. The molecule has 4 rings (SSSR count). The van der Waals surface area contributed by atoms with E-state index in [1.165, 1.54) is 10.5 Å². The zero-order valence-corrected chi connectivity index (χ0v) is 20.8. The van der Waals surface area contributed by atoms with Crippen LogP contribution in [0.25, 0.3) is 0 Å². The monoisotopic (exact) mass is 485 g/mol. The average Bonchev–Trinajstić information content (AvgIpc) is 3.31. The Morgan fingerprint density at radius 1 is 1.18 bits per heavy atom. The number of amides is 3. The summed E-state index contributed by atoms with van der Waals surface area (Å²) in [6.07, 6.45) is 4.01. The van der Waals surface area contributed by atoms with Crippen molar-refractivity contribution in [2.24, 2.45) is 0 Å². The van der Waals surface area contributed by atoms with Gasteiger partial charge in [0.05, 0.1) is 17.7 Å². The Balaban J connectivity index is 1.60. The largest absolute Gasteiger partial charge is 0.340 e. The van der Waals surface area contributed by atoms with Crippen LogP contribution >= 0.6 is 11.6 Å². The Kier molecular flexibility index (Phi) is 7.09. The fourth-order valence-corrected chi connectivity index (χ4v) is 5.32. The van der Waals surface area contributed by atoms with Gasteiger partial charge < -0.3 is 9.80 Å². The smallest absolute Gasteiger partial charge is 0.240 e. The summed E-state index contributed by atoms with van der Waals surface area (Å²) in [4.78, 5) is 44.9. The van der Waals surface area contributed by atoms with Gasteiger partial charge in [0.25, 0.3) is 0 Å². The van der Waals surface area contributed by atoms with Crippen LogP contribution in [0.1, 0.15) is 48.2 Å². The van der Waals surface area contributed by atoms with Gasteiger partial charge in [-0.2, -0.15) is 5.10 Å². The van der Waals surface area contributed by atoms with Crippen LogP contribution in [-0.4, -0.2) is 76.9 Å². The van der Waals surface area contributed by atoms with Gasteiger partial charge in [-0.25, -0.2) is 0 Å². The lowest BCUT2D eigenvalue weighted by atomic mass is 9.75. The van der Waals surface area contributed by atoms with E-state index in [9.17, 15) is 14.4 Å². The molecule has 2 heterocycles. The maximum Gasteiger partial charge on any atom is 0.240 e. The normalized spacial score (nSPS) is 20.2. The third-order valence-electron chi connectivity index (χ3n) is 6.98. The number of H-pyrrole nitrogens is 1. The Hall–Kier alpha value is -2.71. The van der Waals surface area contributed by atoms with Crippen molar-refractivity contribution in [2.75, 3.05) is 34.2 Å². The number of nitrogens with one attached hydrogen (secondary N) is 1. The number of halogens is 1. The van der Waals surface area contributed by atoms with E-state index in [1.807, 2.05) is 19.0 Å². The van der Waals surface area contributed by atoms with Crippen LogP contribution in [0, 0.1) is 0 Å². The number of aromatic nitrogens is 2. The Bertz CT molecular complexity index is 1100. The fourth-order valence-electron chi connectivity index (χ4n) is 5.01. The first-order valence-electron chi connectivity index (χ1n) is 11.8. The van der Waals surface area contributed by atoms with Gasteiger partial charge in [-0.15, -0.1) is 0 Å². The van der Waals surface area contributed by atoms with Crippen LogP contribution in [0.15, 0.2) is 24.3 Å². The van der Waals surface area contributed by atoms with E-state index < -0.39 is 5.41 Å². The minimum atomic E-state index is -1.31. The van der Waals surface area contributed by atoms with Crippen LogP contribution in [0.5, 0.6) is 0 Å². The number of carbonyl (C=O) groups is 3. The fraction of sp³-hybridized carbons (Fsp3) is 0.520. The van der Waals surface area contributed by atoms with Crippen molar-refractivity contribution in [1.29, 1.82) is 0 Å². The second-order valence-electron chi connectivity index (χ2n) is 9.65. The van der Waals surface area contributed by atoms with Gasteiger partial charge in [0.15, 0.2) is 0 Å². The number of nitrogens with zero attached hydrogens (tertiary/aromatic N) is 4. The van der Waals surface area contributed by atoms with Crippen molar-refractivity contribution in [2.45, 2.75) is 50.5 Å². The number of likely N-dealkylation sites (N-methyl/N-ethyl adjacent to an activating group) is 1. The Labute approximate surface area is 205 Å². The molecule has 1 aliphatic carbocycles. The van der Waals surface area contributed by atoms with Gasteiger partial charge in [-0.1, -0.05) is 29.8 Å². The molecule has 2 aromatic rings. The SMILES string of the molecule is CN(C)CCN1C(=O)CC(CC(=O)N(C)Cc2n[nH]c3c2CCCC3)(c2ccccc2Cl)C1=O. The highest BCUT2D eigenvalue weighted by molar-refractivity contribution is 6.32. The molecule has 1 aromatic carbocycles. The zero-order chi connectivity index (χ0) is 24.5. The molecule has 9 heteroatoms. The van der Waals surface area contributed by atoms with E-state index in [0.29, 0.717) is 23.7 Å². The third kappa shape index (κ3) is 4.61.